The number of hydrogen-bond donors (Lipinski definition) is 3. The van der Waals surface area contributed by atoms with Crippen LogP contribution in [0.4, 0.5) is 5.00 Å². The van der Waals surface area contributed by atoms with Crippen molar-refractivity contribution in [1.82, 2.24) is 10.9 Å². The van der Waals surface area contributed by atoms with Crippen molar-refractivity contribution in [3.63, 3.8) is 0 Å². The lowest BCUT2D eigenvalue weighted by atomic mass is 10.0. The van der Waals surface area contributed by atoms with Crippen LogP contribution in [-0.2, 0) is 11.2 Å². The first-order valence-electron chi connectivity index (χ1n) is 8.61. The molecule has 3 amide bonds. The van der Waals surface area contributed by atoms with Crippen LogP contribution in [0.5, 0.6) is 0 Å². The molecule has 2 aromatic carbocycles. The van der Waals surface area contributed by atoms with Crippen LogP contribution in [-0.4, -0.2) is 17.7 Å². The number of benzene rings is 2. The number of rotatable bonds is 5. The van der Waals surface area contributed by atoms with Gasteiger partial charge in [-0.15, -0.1) is 11.3 Å². The molecule has 0 unspecified atom stereocenters. The molecule has 1 aromatic heterocycles. The number of hydrogen-bond acceptors (Lipinski definition) is 4. The summed E-state index contributed by atoms with van der Waals surface area (Å²) in [4.78, 5) is 35.5. The fourth-order valence-corrected chi connectivity index (χ4v) is 3.36. The molecule has 0 saturated carbocycles. The van der Waals surface area contributed by atoms with E-state index < -0.39 is 5.91 Å². The smallest absolute Gasteiger partial charge is 0.272 e. The van der Waals surface area contributed by atoms with Gasteiger partial charge in [-0.2, -0.15) is 0 Å². The second-order valence-electron chi connectivity index (χ2n) is 6.11. The molecule has 28 heavy (non-hydrogen) atoms. The zero-order valence-electron chi connectivity index (χ0n) is 15.2. The van der Waals surface area contributed by atoms with E-state index in [4.69, 9.17) is 0 Å². The van der Waals surface area contributed by atoms with E-state index in [1.54, 1.807) is 23.6 Å². The van der Waals surface area contributed by atoms with Crippen molar-refractivity contribution in [3.05, 3.63) is 88.3 Å². The zero-order valence-corrected chi connectivity index (χ0v) is 16.0. The normalized spacial score (nSPS) is 10.2. The number of thiophene rings is 1. The van der Waals surface area contributed by atoms with Crippen LogP contribution in [0.25, 0.3) is 0 Å². The van der Waals surface area contributed by atoms with Crippen LogP contribution >= 0.6 is 11.3 Å². The highest BCUT2D eigenvalue weighted by Crippen LogP contribution is 2.24. The van der Waals surface area contributed by atoms with Crippen LogP contribution < -0.4 is 16.2 Å². The molecule has 0 atom stereocenters. The Hall–Kier alpha value is -3.45. The van der Waals surface area contributed by atoms with Crippen molar-refractivity contribution in [3.8, 4) is 0 Å². The summed E-state index contributed by atoms with van der Waals surface area (Å²) in [5, 5.41) is 4.86. The Morgan fingerprint density at radius 2 is 1.50 bits per heavy atom. The molecule has 0 aliphatic carbocycles. The fourth-order valence-electron chi connectivity index (χ4n) is 2.58. The van der Waals surface area contributed by atoms with Crippen molar-refractivity contribution >= 4 is 34.1 Å². The van der Waals surface area contributed by atoms with E-state index in [1.165, 1.54) is 23.8 Å². The fraction of sp³-hybridized carbons (Fsp3) is 0.0952. The first-order valence-corrected chi connectivity index (χ1v) is 9.49. The van der Waals surface area contributed by atoms with E-state index >= 15 is 0 Å². The number of anilines is 1. The van der Waals surface area contributed by atoms with Crippen LogP contribution in [0.15, 0.2) is 66.0 Å². The van der Waals surface area contributed by atoms with Gasteiger partial charge >= 0.3 is 0 Å². The van der Waals surface area contributed by atoms with E-state index in [-0.39, 0.29) is 17.4 Å². The maximum atomic E-state index is 12.5. The molecular weight excluding hydrogens is 374 g/mol. The Kier molecular flexibility index (Phi) is 6.18. The van der Waals surface area contributed by atoms with Gasteiger partial charge in [-0.1, -0.05) is 42.5 Å². The van der Waals surface area contributed by atoms with E-state index in [2.05, 4.69) is 28.3 Å². The minimum absolute atomic E-state index is 0.285. The summed E-state index contributed by atoms with van der Waals surface area (Å²) in [6, 6.07) is 19.0. The molecule has 0 radical (unpaired) electrons. The maximum Gasteiger partial charge on any atom is 0.272 e. The lowest BCUT2D eigenvalue weighted by Crippen LogP contribution is -2.40. The van der Waals surface area contributed by atoms with Gasteiger partial charge in [0.05, 0.1) is 5.56 Å². The van der Waals surface area contributed by atoms with Crippen LogP contribution in [0, 0.1) is 0 Å². The van der Waals surface area contributed by atoms with E-state index in [9.17, 15) is 14.4 Å². The van der Waals surface area contributed by atoms with Gasteiger partial charge in [0.15, 0.2) is 0 Å². The highest BCUT2D eigenvalue weighted by Gasteiger charge is 2.16. The molecule has 0 fully saturated rings. The first kappa shape index (κ1) is 19.3. The average Bonchev–Trinajstić information content (AvgIpc) is 3.15. The maximum absolute atomic E-state index is 12.5. The number of nitrogens with one attached hydrogen (secondary N) is 3. The Balaban J connectivity index is 1.65. The molecule has 3 aromatic rings. The van der Waals surface area contributed by atoms with Crippen LogP contribution in [0.3, 0.4) is 0 Å². The third-order valence-corrected chi connectivity index (χ3v) is 4.79. The lowest BCUT2D eigenvalue weighted by molar-refractivity contribution is -0.119. The minimum atomic E-state index is -0.495. The van der Waals surface area contributed by atoms with Crippen molar-refractivity contribution in [2.24, 2.45) is 0 Å². The monoisotopic (exact) mass is 393 g/mol. The van der Waals surface area contributed by atoms with Crippen LogP contribution in [0.1, 0.15) is 38.8 Å². The lowest BCUT2D eigenvalue weighted by Gasteiger charge is -2.08. The minimum Gasteiger partial charge on any atom is -0.313 e. The van der Waals surface area contributed by atoms with E-state index in [0.29, 0.717) is 10.6 Å². The predicted octanol–water partition coefficient (Wildman–Crippen LogP) is 3.37. The van der Waals surface area contributed by atoms with Gasteiger partial charge in [-0.25, -0.2) is 0 Å². The molecule has 142 valence electrons. The summed E-state index contributed by atoms with van der Waals surface area (Å²) < 4.78 is 0. The Labute approximate surface area is 166 Å². The Morgan fingerprint density at radius 1 is 0.821 bits per heavy atom. The molecule has 0 aliphatic heterocycles. The van der Waals surface area contributed by atoms with Crippen molar-refractivity contribution in [1.29, 1.82) is 0 Å². The van der Waals surface area contributed by atoms with Crippen molar-refractivity contribution in [2.75, 3.05) is 5.32 Å². The second-order valence-corrected chi connectivity index (χ2v) is 7.03. The van der Waals surface area contributed by atoms with E-state index in [1.807, 2.05) is 30.3 Å². The molecule has 0 bridgehead atoms. The SMILES string of the molecule is CC(=O)NNC(=O)c1ccsc1NC(=O)c1ccc(Cc2ccccc2)cc1. The zero-order chi connectivity index (χ0) is 19.9. The molecular formula is C21H19N3O3S. The molecule has 6 nitrogen and oxygen atoms in total. The first-order chi connectivity index (χ1) is 13.5. The number of carbonyl (C=O) groups excluding carboxylic acids is 3. The average molecular weight is 393 g/mol. The van der Waals surface area contributed by atoms with Crippen molar-refractivity contribution in [2.45, 2.75) is 13.3 Å². The topological polar surface area (TPSA) is 87.3 Å². The second kappa shape index (κ2) is 8.96. The quantitative estimate of drug-likeness (QED) is 0.581. The molecule has 3 N–H and O–H groups in total. The summed E-state index contributed by atoms with van der Waals surface area (Å²) in [6.45, 7) is 1.29. The largest absolute Gasteiger partial charge is 0.313 e. The van der Waals surface area contributed by atoms with Gasteiger partial charge in [-0.05, 0) is 41.1 Å². The molecule has 0 saturated heterocycles. The van der Waals surface area contributed by atoms with Gasteiger partial charge in [-0.3, -0.25) is 25.2 Å². The van der Waals surface area contributed by atoms with Gasteiger partial charge in [0.1, 0.15) is 5.00 Å². The molecule has 1 heterocycles. The summed E-state index contributed by atoms with van der Waals surface area (Å²) in [5.74, 6) is -1.18. The number of hydrazine groups is 1. The van der Waals surface area contributed by atoms with E-state index in [0.717, 1.165) is 12.0 Å². The van der Waals surface area contributed by atoms with Gasteiger partial charge < -0.3 is 5.32 Å². The summed E-state index contributed by atoms with van der Waals surface area (Å²) in [5.41, 5.74) is 7.60. The summed E-state index contributed by atoms with van der Waals surface area (Å²) >= 11 is 1.23. The van der Waals surface area contributed by atoms with Crippen LogP contribution in [0.2, 0.25) is 0 Å². The van der Waals surface area contributed by atoms with Gasteiger partial charge in [0, 0.05) is 12.5 Å². The third-order valence-electron chi connectivity index (χ3n) is 3.96. The standard InChI is InChI=1S/C21H19N3O3S/c1-14(25)23-24-20(27)18-11-12-28-21(18)22-19(26)17-9-7-16(8-10-17)13-15-5-3-2-4-6-15/h2-12H,13H2,1H3,(H,22,26)(H,23,25)(H,24,27). The third kappa shape index (κ3) is 5.05. The Morgan fingerprint density at radius 3 is 2.18 bits per heavy atom. The van der Waals surface area contributed by atoms with Gasteiger partial charge in [0.25, 0.3) is 11.8 Å². The number of carbonyl (C=O) groups is 3. The number of amides is 3. The summed E-state index contributed by atoms with van der Waals surface area (Å²) in [7, 11) is 0. The predicted molar refractivity (Wildman–Crippen MR) is 109 cm³/mol. The molecule has 7 heteroatoms. The summed E-state index contributed by atoms with van der Waals surface area (Å²) in [6.07, 6.45) is 0.793. The van der Waals surface area contributed by atoms with Crippen molar-refractivity contribution < 1.29 is 14.4 Å². The molecule has 0 aliphatic rings. The Bertz CT molecular complexity index is 982. The van der Waals surface area contributed by atoms with Gasteiger partial charge in [0.2, 0.25) is 5.91 Å². The highest BCUT2D eigenvalue weighted by molar-refractivity contribution is 7.14. The molecule has 3 rings (SSSR count). The molecule has 0 spiro atoms. The highest BCUT2D eigenvalue weighted by atomic mass is 32.1.